The summed E-state index contributed by atoms with van der Waals surface area (Å²) >= 11 is 0. The normalized spacial score (nSPS) is 17.4. The lowest BCUT2D eigenvalue weighted by Gasteiger charge is -2.23. The van der Waals surface area contributed by atoms with Gasteiger partial charge < -0.3 is 4.90 Å². The zero-order valence-corrected chi connectivity index (χ0v) is 13.7. The molecule has 0 aliphatic heterocycles. The first kappa shape index (κ1) is 14.5. The van der Waals surface area contributed by atoms with Crippen molar-refractivity contribution >= 4 is 5.91 Å². The highest BCUT2D eigenvalue weighted by molar-refractivity contribution is 5.94. The van der Waals surface area contributed by atoms with Crippen molar-refractivity contribution in [3.05, 3.63) is 47.3 Å². The fourth-order valence-corrected chi connectivity index (χ4v) is 4.02. The molecule has 0 atom stereocenters. The second-order valence-electron chi connectivity index (χ2n) is 6.73. The van der Waals surface area contributed by atoms with Gasteiger partial charge in [0.25, 0.3) is 5.91 Å². The molecule has 4 heteroatoms. The second-order valence-corrected chi connectivity index (χ2v) is 6.73. The molecule has 1 aromatic carbocycles. The molecular weight excluding hydrogens is 286 g/mol. The number of hydrogen-bond donors (Lipinski definition) is 0. The number of para-hydroxylation sites is 1. The SMILES string of the molecule is CN(C(=O)c1nn(-c2ccccc2)c2c1CCC2)C1CCCC1. The van der Waals surface area contributed by atoms with Crippen LogP contribution in [0.3, 0.4) is 0 Å². The quantitative estimate of drug-likeness (QED) is 0.872. The summed E-state index contributed by atoms with van der Waals surface area (Å²) in [6.45, 7) is 0. The summed E-state index contributed by atoms with van der Waals surface area (Å²) in [5.41, 5.74) is 4.12. The highest BCUT2D eigenvalue weighted by Gasteiger charge is 2.31. The van der Waals surface area contributed by atoms with Crippen LogP contribution in [-0.2, 0) is 12.8 Å². The summed E-state index contributed by atoms with van der Waals surface area (Å²) in [7, 11) is 1.95. The van der Waals surface area contributed by atoms with E-state index in [0.717, 1.165) is 37.8 Å². The highest BCUT2D eigenvalue weighted by atomic mass is 16.2. The largest absolute Gasteiger partial charge is 0.337 e. The molecule has 0 unspecified atom stereocenters. The molecule has 2 aromatic rings. The van der Waals surface area contributed by atoms with Gasteiger partial charge in [-0.1, -0.05) is 31.0 Å². The van der Waals surface area contributed by atoms with Gasteiger partial charge in [-0.05, 0) is 44.2 Å². The van der Waals surface area contributed by atoms with Crippen LogP contribution in [0.25, 0.3) is 5.69 Å². The Bertz CT molecular complexity index is 714. The average molecular weight is 309 g/mol. The van der Waals surface area contributed by atoms with Crippen molar-refractivity contribution in [3.63, 3.8) is 0 Å². The Balaban J connectivity index is 1.71. The van der Waals surface area contributed by atoms with Crippen molar-refractivity contribution in [1.29, 1.82) is 0 Å². The first-order chi connectivity index (χ1) is 11.3. The smallest absolute Gasteiger partial charge is 0.274 e. The number of nitrogens with zero attached hydrogens (tertiary/aromatic N) is 3. The van der Waals surface area contributed by atoms with Crippen LogP contribution >= 0.6 is 0 Å². The zero-order valence-electron chi connectivity index (χ0n) is 13.7. The van der Waals surface area contributed by atoms with Gasteiger partial charge >= 0.3 is 0 Å². The van der Waals surface area contributed by atoms with E-state index in [1.54, 1.807) is 0 Å². The molecule has 0 N–H and O–H groups in total. The molecule has 1 amide bonds. The van der Waals surface area contributed by atoms with Crippen molar-refractivity contribution in [3.8, 4) is 5.69 Å². The van der Waals surface area contributed by atoms with Gasteiger partial charge in [-0.2, -0.15) is 5.10 Å². The molecular formula is C19H23N3O. The van der Waals surface area contributed by atoms with Crippen LogP contribution in [0.4, 0.5) is 0 Å². The first-order valence-corrected chi connectivity index (χ1v) is 8.69. The van der Waals surface area contributed by atoms with E-state index in [0.29, 0.717) is 11.7 Å². The van der Waals surface area contributed by atoms with E-state index in [-0.39, 0.29) is 5.91 Å². The minimum absolute atomic E-state index is 0.102. The zero-order chi connectivity index (χ0) is 15.8. The summed E-state index contributed by atoms with van der Waals surface area (Å²) in [5.74, 6) is 0.102. The molecule has 4 nitrogen and oxygen atoms in total. The molecule has 4 rings (SSSR count). The first-order valence-electron chi connectivity index (χ1n) is 8.69. The van der Waals surface area contributed by atoms with Crippen molar-refractivity contribution in [2.75, 3.05) is 7.05 Å². The number of aromatic nitrogens is 2. The lowest BCUT2D eigenvalue weighted by Crippen LogP contribution is -2.35. The summed E-state index contributed by atoms with van der Waals surface area (Å²) < 4.78 is 1.98. The third kappa shape index (κ3) is 2.46. The number of carbonyl (C=O) groups excluding carboxylic acids is 1. The Morgan fingerprint density at radius 1 is 1.13 bits per heavy atom. The number of hydrogen-bond acceptors (Lipinski definition) is 2. The number of rotatable bonds is 3. The van der Waals surface area contributed by atoms with Gasteiger partial charge in [0, 0.05) is 24.3 Å². The predicted octanol–water partition coefficient (Wildman–Crippen LogP) is 3.38. The maximum atomic E-state index is 13.0. The Hall–Kier alpha value is -2.10. The third-order valence-corrected chi connectivity index (χ3v) is 5.33. The molecule has 1 heterocycles. The van der Waals surface area contributed by atoms with Crippen molar-refractivity contribution in [2.24, 2.45) is 0 Å². The van der Waals surface area contributed by atoms with E-state index < -0.39 is 0 Å². The van der Waals surface area contributed by atoms with Crippen LogP contribution in [-0.4, -0.2) is 33.7 Å². The van der Waals surface area contributed by atoms with Gasteiger partial charge in [-0.15, -0.1) is 0 Å². The van der Waals surface area contributed by atoms with Crippen LogP contribution in [0.15, 0.2) is 30.3 Å². The van der Waals surface area contributed by atoms with Crippen LogP contribution in [0.1, 0.15) is 53.8 Å². The molecule has 2 aliphatic rings. The van der Waals surface area contributed by atoms with E-state index in [2.05, 4.69) is 12.1 Å². The topological polar surface area (TPSA) is 38.1 Å². The standard InChI is InChI=1S/C19H23N3O/c1-21(14-8-5-6-9-14)19(23)18-16-12-7-13-17(16)22(20-18)15-10-3-2-4-11-15/h2-4,10-11,14H,5-9,12-13H2,1H3. The average Bonchev–Trinajstić information content (AvgIpc) is 3.31. The van der Waals surface area contributed by atoms with Gasteiger partial charge in [0.05, 0.1) is 5.69 Å². The fraction of sp³-hybridized carbons (Fsp3) is 0.474. The minimum atomic E-state index is 0.102. The molecule has 1 fully saturated rings. The number of carbonyl (C=O) groups is 1. The Labute approximate surface area is 137 Å². The van der Waals surface area contributed by atoms with Gasteiger partial charge in [0.15, 0.2) is 5.69 Å². The van der Waals surface area contributed by atoms with Crippen molar-refractivity contribution < 1.29 is 4.79 Å². The summed E-state index contributed by atoms with van der Waals surface area (Å²) in [6, 6.07) is 10.5. The summed E-state index contributed by atoms with van der Waals surface area (Å²) in [4.78, 5) is 14.9. The van der Waals surface area contributed by atoms with E-state index in [4.69, 9.17) is 5.10 Å². The maximum Gasteiger partial charge on any atom is 0.274 e. The van der Waals surface area contributed by atoms with E-state index in [1.165, 1.54) is 24.1 Å². The Morgan fingerprint density at radius 3 is 2.61 bits per heavy atom. The fourth-order valence-electron chi connectivity index (χ4n) is 4.02. The lowest BCUT2D eigenvalue weighted by atomic mass is 10.1. The monoisotopic (exact) mass is 309 g/mol. The lowest BCUT2D eigenvalue weighted by molar-refractivity contribution is 0.0727. The maximum absolute atomic E-state index is 13.0. The molecule has 1 aromatic heterocycles. The van der Waals surface area contributed by atoms with Crippen molar-refractivity contribution in [1.82, 2.24) is 14.7 Å². The number of amides is 1. The van der Waals surface area contributed by atoms with E-state index in [9.17, 15) is 4.79 Å². The Morgan fingerprint density at radius 2 is 1.87 bits per heavy atom. The van der Waals surface area contributed by atoms with Gasteiger partial charge in [-0.3, -0.25) is 4.79 Å². The molecule has 120 valence electrons. The summed E-state index contributed by atoms with van der Waals surface area (Å²) in [5, 5.41) is 4.72. The minimum Gasteiger partial charge on any atom is -0.337 e. The number of fused-ring (bicyclic) bond motifs is 1. The molecule has 1 saturated carbocycles. The van der Waals surface area contributed by atoms with Gasteiger partial charge in [-0.25, -0.2) is 4.68 Å². The Kier molecular flexibility index (Phi) is 3.68. The molecule has 0 spiro atoms. The molecule has 0 saturated heterocycles. The van der Waals surface area contributed by atoms with E-state index in [1.807, 2.05) is 34.8 Å². The van der Waals surface area contributed by atoms with Gasteiger partial charge in [0.2, 0.25) is 0 Å². The van der Waals surface area contributed by atoms with Crippen LogP contribution < -0.4 is 0 Å². The molecule has 23 heavy (non-hydrogen) atoms. The van der Waals surface area contributed by atoms with Crippen molar-refractivity contribution in [2.45, 2.75) is 51.0 Å². The molecule has 2 aliphatic carbocycles. The van der Waals surface area contributed by atoms with E-state index >= 15 is 0 Å². The predicted molar refractivity (Wildman–Crippen MR) is 89.9 cm³/mol. The summed E-state index contributed by atoms with van der Waals surface area (Å²) in [6.07, 6.45) is 7.83. The third-order valence-electron chi connectivity index (χ3n) is 5.33. The highest BCUT2D eigenvalue weighted by Crippen LogP contribution is 2.30. The van der Waals surface area contributed by atoms with Crippen LogP contribution in [0, 0.1) is 0 Å². The molecule has 0 bridgehead atoms. The second kappa shape index (κ2) is 5.84. The van der Waals surface area contributed by atoms with Gasteiger partial charge in [0.1, 0.15) is 0 Å². The number of benzene rings is 1. The molecule has 0 radical (unpaired) electrons. The van der Waals surface area contributed by atoms with Crippen LogP contribution in [0.2, 0.25) is 0 Å². The van der Waals surface area contributed by atoms with Crippen LogP contribution in [0.5, 0.6) is 0 Å².